The van der Waals surface area contributed by atoms with Gasteiger partial charge in [0.25, 0.3) is 0 Å². The van der Waals surface area contributed by atoms with Crippen LogP contribution >= 0.6 is 11.3 Å². The Hall–Kier alpha value is -1.66. The Morgan fingerprint density at radius 2 is 1.93 bits per heavy atom. The Morgan fingerprint density at radius 1 is 1.20 bits per heavy atom. The minimum atomic E-state index is -0.245. The predicted octanol–water partition coefficient (Wildman–Crippen LogP) is 2.99. The lowest BCUT2D eigenvalue weighted by Crippen LogP contribution is -1.77. The van der Waals surface area contributed by atoms with E-state index >= 15 is 0 Å². The zero-order valence-corrected chi connectivity index (χ0v) is 8.94. The second kappa shape index (κ2) is 4.24. The van der Waals surface area contributed by atoms with Gasteiger partial charge < -0.3 is 0 Å². The smallest absolute Gasteiger partial charge is 0.167 e. The molecule has 1 aromatic heterocycles. The lowest BCUT2D eigenvalue weighted by atomic mass is 10.2. The zero-order valence-electron chi connectivity index (χ0n) is 8.12. The molecule has 0 amide bonds. The maximum atomic E-state index is 12.6. The summed E-state index contributed by atoms with van der Waals surface area (Å²) in [5.41, 5.74) is 1.77. The first-order valence-corrected chi connectivity index (χ1v) is 5.32. The lowest BCUT2D eigenvalue weighted by molar-refractivity contribution is 0.627. The predicted molar refractivity (Wildman–Crippen MR) is 59.2 cm³/mol. The Bertz CT molecular complexity index is 517. The highest BCUT2D eigenvalue weighted by atomic mass is 32.1. The van der Waals surface area contributed by atoms with Gasteiger partial charge in [-0.05, 0) is 37.1 Å². The average molecular weight is 217 g/mol. The fraction of sp³-hybridized carbons (Fsp3) is 0.0833. The van der Waals surface area contributed by atoms with Crippen molar-refractivity contribution in [2.24, 2.45) is 0 Å². The molecule has 0 unspecified atom stereocenters. The fourth-order valence-corrected chi connectivity index (χ4v) is 1.71. The standard InChI is InChI=1S/C12H8FNS/c1-9-8-15-12(14-9)7-4-10-2-5-11(13)6-3-10/h2-3,5-6,8H,1H3. The molecule has 0 atom stereocenters. The van der Waals surface area contributed by atoms with Crippen LogP contribution < -0.4 is 0 Å². The number of benzene rings is 1. The quantitative estimate of drug-likeness (QED) is 0.618. The maximum Gasteiger partial charge on any atom is 0.167 e. The molecule has 3 heteroatoms. The highest BCUT2D eigenvalue weighted by Gasteiger charge is 1.93. The third-order valence-electron chi connectivity index (χ3n) is 1.78. The van der Waals surface area contributed by atoms with Gasteiger partial charge in [0.15, 0.2) is 5.01 Å². The highest BCUT2D eigenvalue weighted by Crippen LogP contribution is 2.07. The summed E-state index contributed by atoms with van der Waals surface area (Å²) in [6, 6.07) is 6.11. The van der Waals surface area contributed by atoms with E-state index < -0.39 is 0 Å². The van der Waals surface area contributed by atoms with Crippen LogP contribution in [0.2, 0.25) is 0 Å². The van der Waals surface area contributed by atoms with Gasteiger partial charge in [-0.2, -0.15) is 0 Å². The van der Waals surface area contributed by atoms with Gasteiger partial charge >= 0.3 is 0 Å². The molecule has 0 radical (unpaired) electrons. The van der Waals surface area contributed by atoms with Crippen molar-refractivity contribution in [2.75, 3.05) is 0 Å². The van der Waals surface area contributed by atoms with Gasteiger partial charge in [-0.25, -0.2) is 9.37 Å². The van der Waals surface area contributed by atoms with Gasteiger partial charge in [0.2, 0.25) is 0 Å². The molecule has 0 N–H and O–H groups in total. The van der Waals surface area contributed by atoms with Crippen LogP contribution in [-0.2, 0) is 0 Å². The second-order valence-corrected chi connectivity index (χ2v) is 3.91. The summed E-state index contributed by atoms with van der Waals surface area (Å²) in [6.07, 6.45) is 0. The molecule has 74 valence electrons. The van der Waals surface area contributed by atoms with Crippen molar-refractivity contribution >= 4 is 11.3 Å². The molecular weight excluding hydrogens is 209 g/mol. The van der Waals surface area contributed by atoms with Crippen LogP contribution in [0.15, 0.2) is 29.6 Å². The number of nitrogens with zero attached hydrogens (tertiary/aromatic N) is 1. The third-order valence-corrected chi connectivity index (χ3v) is 2.65. The van der Waals surface area contributed by atoms with Crippen LogP contribution in [0.3, 0.4) is 0 Å². The third kappa shape index (κ3) is 2.64. The minimum Gasteiger partial charge on any atom is -0.233 e. The van der Waals surface area contributed by atoms with Crippen LogP contribution in [0, 0.1) is 24.6 Å². The van der Waals surface area contributed by atoms with E-state index in [9.17, 15) is 4.39 Å². The first-order valence-electron chi connectivity index (χ1n) is 4.44. The largest absolute Gasteiger partial charge is 0.233 e. The second-order valence-electron chi connectivity index (χ2n) is 3.05. The van der Waals surface area contributed by atoms with E-state index in [-0.39, 0.29) is 5.82 Å². The molecule has 0 saturated heterocycles. The summed E-state index contributed by atoms with van der Waals surface area (Å²) in [7, 11) is 0. The number of rotatable bonds is 0. The molecule has 0 spiro atoms. The molecule has 0 fully saturated rings. The van der Waals surface area contributed by atoms with Crippen molar-refractivity contribution in [1.29, 1.82) is 0 Å². The van der Waals surface area contributed by atoms with Gasteiger partial charge in [-0.15, -0.1) is 11.3 Å². The van der Waals surface area contributed by atoms with E-state index in [1.807, 2.05) is 12.3 Å². The Kier molecular flexibility index (Phi) is 2.79. The number of hydrogen-bond donors (Lipinski definition) is 0. The van der Waals surface area contributed by atoms with Crippen molar-refractivity contribution in [2.45, 2.75) is 6.92 Å². The first kappa shape index (κ1) is 9.88. The van der Waals surface area contributed by atoms with E-state index in [1.54, 1.807) is 12.1 Å². The van der Waals surface area contributed by atoms with Crippen LogP contribution in [0.25, 0.3) is 0 Å². The summed E-state index contributed by atoms with van der Waals surface area (Å²) in [5.74, 6) is 5.62. The average Bonchev–Trinajstić information content (AvgIpc) is 2.64. The highest BCUT2D eigenvalue weighted by molar-refractivity contribution is 7.10. The number of hydrogen-bond acceptors (Lipinski definition) is 2. The van der Waals surface area contributed by atoms with E-state index in [0.29, 0.717) is 0 Å². The van der Waals surface area contributed by atoms with Crippen LogP contribution in [0.1, 0.15) is 16.3 Å². The number of aromatic nitrogens is 1. The summed E-state index contributed by atoms with van der Waals surface area (Å²) >= 11 is 1.51. The van der Waals surface area contributed by atoms with E-state index in [4.69, 9.17) is 0 Å². The molecule has 2 aromatic rings. The van der Waals surface area contributed by atoms with Crippen molar-refractivity contribution < 1.29 is 4.39 Å². The molecule has 15 heavy (non-hydrogen) atoms. The molecule has 0 aliphatic heterocycles. The van der Waals surface area contributed by atoms with Crippen molar-refractivity contribution in [1.82, 2.24) is 4.98 Å². The maximum absolute atomic E-state index is 12.6. The SMILES string of the molecule is Cc1csc(C#Cc2ccc(F)cc2)n1. The van der Waals surface area contributed by atoms with Crippen LogP contribution in [0.4, 0.5) is 4.39 Å². The normalized spacial score (nSPS) is 9.47. The molecule has 2 rings (SSSR count). The van der Waals surface area contributed by atoms with Gasteiger partial charge in [-0.3, -0.25) is 0 Å². The molecule has 1 aromatic carbocycles. The Morgan fingerprint density at radius 3 is 2.53 bits per heavy atom. The summed E-state index contributed by atoms with van der Waals surface area (Å²) < 4.78 is 12.6. The number of halogens is 1. The molecule has 0 bridgehead atoms. The van der Waals surface area contributed by atoms with Gasteiger partial charge in [0, 0.05) is 16.6 Å². The monoisotopic (exact) mass is 217 g/mol. The van der Waals surface area contributed by atoms with Gasteiger partial charge in [0.1, 0.15) is 5.82 Å². The van der Waals surface area contributed by atoms with Gasteiger partial charge in [0.05, 0.1) is 0 Å². The lowest BCUT2D eigenvalue weighted by Gasteiger charge is -1.88. The zero-order chi connectivity index (χ0) is 10.7. The van der Waals surface area contributed by atoms with E-state index in [1.165, 1.54) is 23.5 Å². The van der Waals surface area contributed by atoms with Crippen LogP contribution in [-0.4, -0.2) is 4.98 Å². The summed E-state index contributed by atoms with van der Waals surface area (Å²) in [5, 5.41) is 2.74. The Labute approximate surface area is 91.6 Å². The molecular formula is C12H8FNS. The topological polar surface area (TPSA) is 12.9 Å². The molecule has 0 saturated carbocycles. The van der Waals surface area contributed by atoms with E-state index in [0.717, 1.165) is 16.3 Å². The molecule has 0 aliphatic carbocycles. The number of aryl methyl sites for hydroxylation is 1. The van der Waals surface area contributed by atoms with Crippen molar-refractivity contribution in [3.63, 3.8) is 0 Å². The minimum absolute atomic E-state index is 0.245. The van der Waals surface area contributed by atoms with Gasteiger partial charge in [-0.1, -0.05) is 5.92 Å². The van der Waals surface area contributed by atoms with E-state index in [2.05, 4.69) is 16.8 Å². The first-order chi connectivity index (χ1) is 7.24. The summed E-state index contributed by atoms with van der Waals surface area (Å²) in [6.45, 7) is 1.93. The van der Waals surface area contributed by atoms with Crippen LogP contribution in [0.5, 0.6) is 0 Å². The van der Waals surface area contributed by atoms with Crippen molar-refractivity contribution in [3.05, 3.63) is 51.7 Å². The fourth-order valence-electron chi connectivity index (χ4n) is 1.07. The summed E-state index contributed by atoms with van der Waals surface area (Å²) in [4.78, 5) is 4.21. The molecule has 0 aliphatic rings. The Balaban J connectivity index is 2.22. The molecule has 1 nitrogen and oxygen atoms in total. The molecule has 1 heterocycles. The van der Waals surface area contributed by atoms with Crippen molar-refractivity contribution in [3.8, 4) is 11.8 Å². The number of thiazole rings is 1.